The van der Waals surface area contributed by atoms with Crippen molar-refractivity contribution >= 4 is 44.3 Å². The molecule has 2 heterocycles. The molecule has 0 spiro atoms. The van der Waals surface area contributed by atoms with Crippen LogP contribution >= 0.6 is 21.5 Å². The minimum absolute atomic E-state index is 0.820. The fraction of sp³-hybridized carbons (Fsp3) is 0. The highest BCUT2D eigenvalue weighted by Gasteiger charge is 2.20. The van der Waals surface area contributed by atoms with Gasteiger partial charge in [-0.3, -0.25) is 0 Å². The molecule has 32 heavy (non-hydrogen) atoms. The van der Waals surface area contributed by atoms with Crippen LogP contribution in [0.4, 0.5) is 11.4 Å². The molecule has 0 N–H and O–H groups in total. The molecule has 158 valence electrons. The number of benzene rings is 4. The number of nitrogens with zero attached hydrogens (tertiary/aromatic N) is 2. The van der Waals surface area contributed by atoms with Gasteiger partial charge in [0, 0.05) is 21.5 Å². The summed E-state index contributed by atoms with van der Waals surface area (Å²) in [7, 11) is -1.76. The van der Waals surface area contributed by atoms with Gasteiger partial charge in [0.25, 0.3) is 0 Å². The smallest absolute Gasteiger partial charge is 0.247 e. The molecule has 4 aromatic rings. The maximum Gasteiger partial charge on any atom is 0.328 e. The van der Waals surface area contributed by atoms with Crippen molar-refractivity contribution in [3.05, 3.63) is 117 Å². The third kappa shape index (κ3) is 3.50. The van der Waals surface area contributed by atoms with Crippen LogP contribution in [0.3, 0.4) is 0 Å². The Morgan fingerprint density at radius 1 is 0.562 bits per heavy atom. The minimum atomic E-state index is -2.00. The van der Waals surface area contributed by atoms with Crippen molar-refractivity contribution in [3.8, 4) is 0 Å². The van der Waals surface area contributed by atoms with Gasteiger partial charge in [0.05, 0.1) is 40.9 Å². The van der Waals surface area contributed by atoms with E-state index in [1.165, 1.54) is 0 Å². The van der Waals surface area contributed by atoms with Crippen molar-refractivity contribution in [3.63, 3.8) is 0 Å². The standard InChI is InChI=1S/C24H16N2O3S3/c27-32(28-30-21-13-5-1-9-17(21)25-18-10-2-6-14-22(18)30)29-31-23-15-7-3-11-19(23)26-20-12-4-8-16-24(20)31/h1-16H. The summed E-state index contributed by atoms with van der Waals surface area (Å²) in [6.45, 7) is 0. The first-order valence-corrected chi connectivity index (χ1v) is 13.2. The second kappa shape index (κ2) is 8.31. The molecule has 2 aliphatic heterocycles. The Balaban J connectivity index is 1.45. The predicted molar refractivity (Wildman–Crippen MR) is 127 cm³/mol. The number of rotatable bonds is 4. The molecule has 0 bridgehead atoms. The SMILES string of the molecule is O=S(OS1=c2ccccc2=Nc2ccccc21)OS1=c2ccccc2=Nc2ccccc21. The quantitative estimate of drug-likeness (QED) is 0.365. The first kappa shape index (κ1) is 19.9. The fourth-order valence-corrected chi connectivity index (χ4v) is 8.44. The first-order valence-electron chi connectivity index (χ1n) is 9.85. The topological polar surface area (TPSA) is 60.2 Å². The van der Waals surface area contributed by atoms with E-state index in [1.807, 2.05) is 97.1 Å². The molecule has 0 radical (unpaired) electrons. The molecule has 6 rings (SSSR count). The lowest BCUT2D eigenvalue weighted by atomic mass is 10.3. The fourth-order valence-electron chi connectivity index (χ4n) is 3.59. The van der Waals surface area contributed by atoms with E-state index >= 15 is 0 Å². The zero-order chi connectivity index (χ0) is 21.5. The minimum Gasteiger partial charge on any atom is -0.247 e. The van der Waals surface area contributed by atoms with Crippen molar-refractivity contribution in [1.29, 1.82) is 0 Å². The van der Waals surface area contributed by atoms with Crippen LogP contribution in [0.1, 0.15) is 0 Å². The van der Waals surface area contributed by atoms with E-state index in [1.54, 1.807) is 0 Å². The van der Waals surface area contributed by atoms with Crippen molar-refractivity contribution < 1.29 is 11.5 Å². The second-order valence-corrected chi connectivity index (χ2v) is 11.3. The summed E-state index contributed by atoms with van der Waals surface area (Å²) in [6.07, 6.45) is 0. The highest BCUT2D eigenvalue weighted by atomic mass is 32.3. The summed E-state index contributed by atoms with van der Waals surface area (Å²) in [5.41, 5.74) is 1.64. The van der Waals surface area contributed by atoms with Gasteiger partial charge in [-0.15, -0.1) is 0 Å². The Bertz CT molecular complexity index is 1550. The van der Waals surface area contributed by atoms with Gasteiger partial charge < -0.3 is 0 Å². The monoisotopic (exact) mass is 476 g/mol. The molecule has 4 aromatic carbocycles. The van der Waals surface area contributed by atoms with Gasteiger partial charge in [0.1, 0.15) is 0 Å². The van der Waals surface area contributed by atoms with Crippen molar-refractivity contribution in [2.24, 2.45) is 9.98 Å². The Labute approximate surface area is 191 Å². The zero-order valence-electron chi connectivity index (χ0n) is 16.6. The molecule has 0 amide bonds. The van der Waals surface area contributed by atoms with E-state index in [0.717, 1.165) is 40.9 Å². The summed E-state index contributed by atoms with van der Waals surface area (Å²) in [6, 6.07) is 31.1. The molecule has 0 fully saturated rings. The Kier molecular flexibility index (Phi) is 5.17. The van der Waals surface area contributed by atoms with E-state index in [2.05, 4.69) is 0 Å². The van der Waals surface area contributed by atoms with Gasteiger partial charge in [0.2, 0.25) is 0 Å². The van der Waals surface area contributed by atoms with Gasteiger partial charge in [-0.2, -0.15) is 11.5 Å². The molecule has 2 atom stereocenters. The molecule has 0 saturated heterocycles. The molecule has 2 aliphatic rings. The van der Waals surface area contributed by atoms with Gasteiger partial charge in [0.15, 0.2) is 0 Å². The highest BCUT2D eigenvalue weighted by Crippen LogP contribution is 2.44. The number of para-hydroxylation sites is 4. The number of hydrogen-bond donors (Lipinski definition) is 0. The molecular weight excluding hydrogens is 460 g/mol. The molecule has 8 heteroatoms. The van der Waals surface area contributed by atoms with E-state index in [0.29, 0.717) is 0 Å². The molecule has 5 nitrogen and oxygen atoms in total. The molecule has 0 aromatic heterocycles. The third-order valence-corrected chi connectivity index (χ3v) is 9.95. The zero-order valence-corrected chi connectivity index (χ0v) is 19.0. The molecule has 0 saturated carbocycles. The van der Waals surface area contributed by atoms with Crippen LogP contribution in [-0.2, 0) is 18.6 Å². The van der Waals surface area contributed by atoms with E-state index in [4.69, 9.17) is 17.2 Å². The molecule has 0 aliphatic carbocycles. The van der Waals surface area contributed by atoms with Gasteiger partial charge in [-0.1, -0.05) is 48.5 Å². The molecular formula is C24H16N2O3S3. The average Bonchev–Trinajstić information content (AvgIpc) is 2.84. The lowest BCUT2D eigenvalue weighted by molar-refractivity contribution is 0.520. The third-order valence-electron chi connectivity index (χ3n) is 4.99. The van der Waals surface area contributed by atoms with Gasteiger partial charge >= 0.3 is 11.4 Å². The summed E-state index contributed by atoms with van der Waals surface area (Å²) in [4.78, 5) is 11.2. The van der Waals surface area contributed by atoms with Crippen LogP contribution in [0.25, 0.3) is 0 Å². The Hall–Kier alpha value is -2.75. The summed E-state index contributed by atoms with van der Waals surface area (Å²) in [5, 5.41) is 1.64. The highest BCUT2D eigenvalue weighted by molar-refractivity contribution is 8.14. The van der Waals surface area contributed by atoms with Gasteiger partial charge in [-0.25, -0.2) is 9.98 Å². The second-order valence-electron chi connectivity index (χ2n) is 6.97. The summed E-state index contributed by atoms with van der Waals surface area (Å²) in [5.74, 6) is 0. The van der Waals surface area contributed by atoms with E-state index in [9.17, 15) is 4.21 Å². The van der Waals surface area contributed by atoms with Crippen LogP contribution in [0.2, 0.25) is 0 Å². The first-order chi connectivity index (χ1) is 15.8. The average molecular weight is 477 g/mol. The van der Waals surface area contributed by atoms with Gasteiger partial charge in [-0.05, 0) is 48.5 Å². The van der Waals surface area contributed by atoms with E-state index < -0.39 is 32.9 Å². The van der Waals surface area contributed by atoms with Crippen molar-refractivity contribution in [2.45, 2.75) is 9.79 Å². The number of hydrogen-bond acceptors (Lipinski definition) is 5. The van der Waals surface area contributed by atoms with Crippen LogP contribution in [-0.4, -0.2) is 4.21 Å². The lowest BCUT2D eigenvalue weighted by Gasteiger charge is -2.17. The largest absolute Gasteiger partial charge is 0.328 e. The normalized spacial score (nSPS) is 18.8. The van der Waals surface area contributed by atoms with Crippen LogP contribution in [0.15, 0.2) is 117 Å². The number of fused-ring (bicyclic) bond motifs is 4. The predicted octanol–water partition coefficient (Wildman–Crippen LogP) is 5.52. The summed E-state index contributed by atoms with van der Waals surface area (Å²) >= 11 is -2.00. The summed E-state index contributed by atoms with van der Waals surface area (Å²) < 4.78 is 27.2. The maximum absolute atomic E-state index is 13.2. The maximum atomic E-state index is 13.2. The lowest BCUT2D eigenvalue weighted by Crippen LogP contribution is -2.09. The van der Waals surface area contributed by atoms with Crippen LogP contribution in [0.5, 0.6) is 0 Å². The Morgan fingerprint density at radius 2 is 0.969 bits per heavy atom. The van der Waals surface area contributed by atoms with Crippen LogP contribution in [0, 0.1) is 9.02 Å². The van der Waals surface area contributed by atoms with Crippen LogP contribution < -0.4 is 10.7 Å². The Morgan fingerprint density at radius 3 is 1.47 bits per heavy atom. The molecule has 2 unspecified atom stereocenters. The van der Waals surface area contributed by atoms with Crippen molar-refractivity contribution in [2.75, 3.05) is 0 Å². The van der Waals surface area contributed by atoms with E-state index in [-0.39, 0.29) is 0 Å². The van der Waals surface area contributed by atoms with Crippen molar-refractivity contribution in [1.82, 2.24) is 0 Å².